The largest absolute Gasteiger partial charge is 0.461 e. The fourth-order valence-corrected chi connectivity index (χ4v) is 3.27. The molecule has 1 amide bonds. The summed E-state index contributed by atoms with van der Waals surface area (Å²) in [6.07, 6.45) is 0. The van der Waals surface area contributed by atoms with Crippen LogP contribution in [0.5, 0.6) is 0 Å². The summed E-state index contributed by atoms with van der Waals surface area (Å²) >= 11 is 0.917. The number of anilines is 1. The highest BCUT2D eigenvalue weighted by molar-refractivity contribution is 7.08. The number of hydrogen-bond donors (Lipinski definition) is 1. The molecule has 0 aliphatic carbocycles. The molecule has 140 valence electrons. The molecule has 0 fully saturated rings. The maximum Gasteiger partial charge on any atom is 0.357 e. The van der Waals surface area contributed by atoms with Crippen molar-refractivity contribution in [1.82, 2.24) is 14.2 Å². The number of aryl methyl sites for hydroxylation is 2. The molecule has 0 aliphatic heterocycles. The average molecular weight is 389 g/mol. The van der Waals surface area contributed by atoms with Gasteiger partial charge in [-0.2, -0.15) is 0 Å². The normalized spacial score (nSPS) is 10.8. The molecule has 0 aliphatic rings. The topological polar surface area (TPSA) is 129 Å². The van der Waals surface area contributed by atoms with Crippen molar-refractivity contribution in [3.05, 3.63) is 44.6 Å². The van der Waals surface area contributed by atoms with E-state index in [1.54, 1.807) is 20.9 Å². The van der Waals surface area contributed by atoms with Crippen LogP contribution in [0.2, 0.25) is 0 Å². The SMILES string of the molecule is CCOC(=O)c1c(NC(=O)c2snnc2C)c2cc([N+](=O)[O-])ccc2n1C. The summed E-state index contributed by atoms with van der Waals surface area (Å²) in [5, 5.41) is 18.0. The van der Waals surface area contributed by atoms with Crippen LogP contribution < -0.4 is 5.32 Å². The predicted molar refractivity (Wildman–Crippen MR) is 98.1 cm³/mol. The first-order valence-corrected chi connectivity index (χ1v) is 8.66. The van der Waals surface area contributed by atoms with Gasteiger partial charge in [0, 0.05) is 24.6 Å². The van der Waals surface area contributed by atoms with Crippen LogP contribution in [0.4, 0.5) is 11.4 Å². The second-order valence-electron chi connectivity index (χ2n) is 5.60. The molecule has 10 nitrogen and oxygen atoms in total. The molecular weight excluding hydrogens is 374 g/mol. The Labute approximate surface area is 157 Å². The molecule has 1 N–H and O–H groups in total. The first-order chi connectivity index (χ1) is 12.8. The zero-order valence-corrected chi connectivity index (χ0v) is 15.5. The number of carbonyl (C=O) groups excluding carboxylic acids is 2. The Balaban J connectivity index is 2.19. The molecule has 2 aromatic heterocycles. The lowest BCUT2D eigenvalue weighted by molar-refractivity contribution is -0.384. The first-order valence-electron chi connectivity index (χ1n) is 7.89. The number of benzene rings is 1. The van der Waals surface area contributed by atoms with Gasteiger partial charge in [0.15, 0.2) is 5.69 Å². The van der Waals surface area contributed by atoms with Crippen molar-refractivity contribution in [2.45, 2.75) is 13.8 Å². The van der Waals surface area contributed by atoms with Crippen molar-refractivity contribution < 1.29 is 19.2 Å². The van der Waals surface area contributed by atoms with Crippen LogP contribution >= 0.6 is 11.5 Å². The van der Waals surface area contributed by atoms with E-state index in [9.17, 15) is 19.7 Å². The lowest BCUT2D eigenvalue weighted by Gasteiger charge is -2.08. The lowest BCUT2D eigenvalue weighted by atomic mass is 10.2. The number of esters is 1. The highest BCUT2D eigenvalue weighted by Gasteiger charge is 2.26. The Bertz CT molecular complexity index is 1070. The van der Waals surface area contributed by atoms with Crippen LogP contribution in [0, 0.1) is 17.0 Å². The minimum atomic E-state index is -0.645. The molecule has 3 rings (SSSR count). The van der Waals surface area contributed by atoms with Gasteiger partial charge in [0.25, 0.3) is 11.6 Å². The highest BCUT2D eigenvalue weighted by atomic mass is 32.1. The fourth-order valence-electron chi connectivity index (χ4n) is 2.72. The van der Waals surface area contributed by atoms with E-state index >= 15 is 0 Å². The van der Waals surface area contributed by atoms with Gasteiger partial charge in [-0.15, -0.1) is 5.10 Å². The zero-order chi connectivity index (χ0) is 19.7. The number of non-ortho nitro benzene ring substituents is 1. The van der Waals surface area contributed by atoms with E-state index in [2.05, 4.69) is 14.9 Å². The summed E-state index contributed by atoms with van der Waals surface area (Å²) in [7, 11) is 1.62. The zero-order valence-electron chi connectivity index (χ0n) is 14.7. The Morgan fingerprint density at radius 3 is 2.74 bits per heavy atom. The van der Waals surface area contributed by atoms with Crippen LogP contribution in [-0.2, 0) is 11.8 Å². The molecule has 0 spiro atoms. The van der Waals surface area contributed by atoms with E-state index in [-0.39, 0.29) is 28.6 Å². The summed E-state index contributed by atoms with van der Waals surface area (Å²) in [6, 6.07) is 4.16. The van der Waals surface area contributed by atoms with E-state index in [0.717, 1.165) is 11.5 Å². The number of carbonyl (C=O) groups is 2. The summed E-state index contributed by atoms with van der Waals surface area (Å²) < 4.78 is 10.3. The number of amides is 1. The highest BCUT2D eigenvalue weighted by Crippen LogP contribution is 2.34. The smallest absolute Gasteiger partial charge is 0.357 e. The molecule has 3 aromatic rings. The van der Waals surface area contributed by atoms with E-state index in [1.165, 1.54) is 22.8 Å². The van der Waals surface area contributed by atoms with Gasteiger partial charge in [-0.05, 0) is 31.4 Å². The number of hydrogen-bond acceptors (Lipinski definition) is 8. The maximum absolute atomic E-state index is 12.6. The van der Waals surface area contributed by atoms with Gasteiger partial charge < -0.3 is 14.6 Å². The van der Waals surface area contributed by atoms with Gasteiger partial charge >= 0.3 is 5.97 Å². The van der Waals surface area contributed by atoms with Gasteiger partial charge in [-0.3, -0.25) is 14.9 Å². The van der Waals surface area contributed by atoms with Gasteiger partial charge in [-0.1, -0.05) is 4.49 Å². The Morgan fingerprint density at radius 2 is 2.15 bits per heavy atom. The van der Waals surface area contributed by atoms with Crippen molar-refractivity contribution in [2.24, 2.45) is 7.05 Å². The Kier molecular flexibility index (Phi) is 4.86. The predicted octanol–water partition coefficient (Wildman–Crippen LogP) is 2.68. The van der Waals surface area contributed by atoms with Crippen LogP contribution in [0.15, 0.2) is 18.2 Å². The van der Waals surface area contributed by atoms with Gasteiger partial charge in [-0.25, -0.2) is 4.79 Å². The summed E-state index contributed by atoms with van der Waals surface area (Å²) in [5.41, 5.74) is 1.07. The minimum Gasteiger partial charge on any atom is -0.461 e. The monoisotopic (exact) mass is 389 g/mol. The van der Waals surface area contributed by atoms with Gasteiger partial charge in [0.2, 0.25) is 0 Å². The number of rotatable bonds is 5. The molecule has 2 heterocycles. The third kappa shape index (κ3) is 3.24. The lowest BCUT2D eigenvalue weighted by Crippen LogP contribution is -2.17. The fraction of sp³-hybridized carbons (Fsp3) is 0.250. The third-order valence-electron chi connectivity index (χ3n) is 3.96. The molecule has 0 unspecified atom stereocenters. The molecule has 1 aromatic carbocycles. The molecule has 0 bridgehead atoms. The van der Waals surface area contributed by atoms with Gasteiger partial charge in [0.05, 0.1) is 28.4 Å². The third-order valence-corrected chi connectivity index (χ3v) is 4.79. The standard InChI is InChI=1S/C16H15N5O5S/c1-4-26-16(23)13-12(17-15(22)14-8(2)18-19-27-14)10-7-9(21(24)25)5-6-11(10)20(13)3/h5-7H,4H2,1-3H3,(H,17,22). The van der Waals surface area contributed by atoms with Gasteiger partial charge in [0.1, 0.15) is 4.88 Å². The van der Waals surface area contributed by atoms with E-state index in [1.807, 2.05) is 0 Å². The number of ether oxygens (including phenoxy) is 1. The van der Waals surface area contributed by atoms with Crippen LogP contribution in [0.25, 0.3) is 10.9 Å². The number of aromatic nitrogens is 3. The first kappa shape index (κ1) is 18.5. The number of nitro benzene ring substituents is 1. The number of nitrogens with zero attached hydrogens (tertiary/aromatic N) is 4. The Morgan fingerprint density at radius 1 is 1.41 bits per heavy atom. The Hall–Kier alpha value is -3.34. The van der Waals surface area contributed by atoms with Crippen LogP contribution in [0.1, 0.15) is 32.8 Å². The van der Waals surface area contributed by atoms with Crippen LogP contribution in [0.3, 0.4) is 0 Å². The summed E-state index contributed by atoms with van der Waals surface area (Å²) in [4.78, 5) is 36.0. The van der Waals surface area contributed by atoms with E-state index in [0.29, 0.717) is 16.6 Å². The molecular formula is C16H15N5O5S. The summed E-state index contributed by atoms with van der Waals surface area (Å²) in [6.45, 7) is 3.44. The molecule has 0 saturated carbocycles. The van der Waals surface area contributed by atoms with Crippen molar-refractivity contribution in [3.8, 4) is 0 Å². The molecule has 27 heavy (non-hydrogen) atoms. The second kappa shape index (κ2) is 7.11. The van der Waals surface area contributed by atoms with Crippen molar-refractivity contribution >= 4 is 45.7 Å². The van der Waals surface area contributed by atoms with Crippen LogP contribution in [-0.4, -0.2) is 37.6 Å². The molecule has 0 radical (unpaired) electrons. The molecule has 11 heteroatoms. The minimum absolute atomic E-state index is 0.0934. The quantitative estimate of drug-likeness (QED) is 0.403. The average Bonchev–Trinajstić information content (AvgIpc) is 3.17. The number of nitrogens with one attached hydrogen (secondary N) is 1. The van der Waals surface area contributed by atoms with E-state index < -0.39 is 16.8 Å². The maximum atomic E-state index is 12.6. The molecule has 0 atom stereocenters. The van der Waals surface area contributed by atoms with Crippen molar-refractivity contribution in [1.29, 1.82) is 0 Å². The van der Waals surface area contributed by atoms with Crippen molar-refractivity contribution in [2.75, 3.05) is 11.9 Å². The summed E-state index contributed by atoms with van der Waals surface area (Å²) in [5.74, 6) is -1.15. The second-order valence-corrected chi connectivity index (χ2v) is 6.36. The van der Waals surface area contributed by atoms with Crippen molar-refractivity contribution in [3.63, 3.8) is 0 Å². The number of nitro groups is 1. The molecule has 0 saturated heterocycles. The number of fused-ring (bicyclic) bond motifs is 1. The van der Waals surface area contributed by atoms with E-state index in [4.69, 9.17) is 4.74 Å².